The number of imide groups is 1. The Morgan fingerprint density at radius 1 is 1.16 bits per heavy atom. The molecule has 1 aliphatic heterocycles. The van der Waals surface area contributed by atoms with E-state index in [1.807, 2.05) is 37.3 Å². The van der Waals surface area contributed by atoms with Crippen LogP contribution in [-0.4, -0.2) is 46.3 Å². The molecular weight excluding hydrogens is 318 g/mol. The summed E-state index contributed by atoms with van der Waals surface area (Å²) in [6.45, 7) is 2.72. The van der Waals surface area contributed by atoms with Crippen LogP contribution in [0.5, 0.6) is 0 Å². The van der Waals surface area contributed by atoms with Crippen LogP contribution in [0.1, 0.15) is 44.6 Å². The van der Waals surface area contributed by atoms with Crippen molar-refractivity contribution in [2.24, 2.45) is 0 Å². The minimum Gasteiger partial charge on any atom is -0.337 e. The first-order valence-corrected chi connectivity index (χ1v) is 9.01. The van der Waals surface area contributed by atoms with Crippen LogP contribution in [0, 0.1) is 0 Å². The molecule has 1 heterocycles. The van der Waals surface area contributed by atoms with Crippen molar-refractivity contribution in [2.75, 3.05) is 13.1 Å². The summed E-state index contributed by atoms with van der Waals surface area (Å²) in [6, 6.07) is 9.27. The van der Waals surface area contributed by atoms with Crippen molar-refractivity contribution in [1.82, 2.24) is 15.1 Å². The lowest BCUT2D eigenvalue weighted by Crippen LogP contribution is -2.49. The second-order valence-corrected chi connectivity index (χ2v) is 6.86. The number of urea groups is 1. The predicted molar refractivity (Wildman–Crippen MR) is 93.6 cm³/mol. The Morgan fingerprint density at radius 3 is 2.48 bits per heavy atom. The standard InChI is InChI=1S/C19H25N3O3/c1-2-21(13-15-9-5-3-6-10-15)16(23)14-22-17(24)19(20-18(22)25)11-7-4-8-12-19/h3,5-6,9-10H,2,4,7-8,11-14H2,1H3,(H,20,25). The van der Waals surface area contributed by atoms with Gasteiger partial charge in [0.05, 0.1) is 0 Å². The minimum absolute atomic E-state index is 0.187. The number of carbonyl (C=O) groups excluding carboxylic acids is 3. The molecule has 6 heteroatoms. The van der Waals surface area contributed by atoms with E-state index >= 15 is 0 Å². The van der Waals surface area contributed by atoms with E-state index in [1.54, 1.807) is 4.90 Å². The largest absolute Gasteiger partial charge is 0.337 e. The summed E-state index contributed by atoms with van der Waals surface area (Å²) in [5, 5.41) is 2.85. The van der Waals surface area contributed by atoms with Gasteiger partial charge in [0.25, 0.3) is 5.91 Å². The highest BCUT2D eigenvalue weighted by Crippen LogP contribution is 2.33. The van der Waals surface area contributed by atoms with Crippen LogP contribution in [-0.2, 0) is 16.1 Å². The summed E-state index contributed by atoms with van der Waals surface area (Å²) in [6.07, 6.45) is 4.30. The number of hydrogen-bond donors (Lipinski definition) is 1. The topological polar surface area (TPSA) is 69.7 Å². The maximum Gasteiger partial charge on any atom is 0.325 e. The first kappa shape index (κ1) is 17.5. The molecule has 2 aliphatic rings. The molecule has 0 radical (unpaired) electrons. The van der Waals surface area contributed by atoms with Crippen molar-refractivity contribution < 1.29 is 14.4 Å². The summed E-state index contributed by atoms with van der Waals surface area (Å²) >= 11 is 0. The van der Waals surface area contributed by atoms with Gasteiger partial charge in [-0.05, 0) is 25.3 Å². The van der Waals surface area contributed by atoms with Gasteiger partial charge in [-0.15, -0.1) is 0 Å². The Bertz CT molecular complexity index is 653. The van der Waals surface area contributed by atoms with Gasteiger partial charge in [0.15, 0.2) is 0 Å². The zero-order valence-electron chi connectivity index (χ0n) is 14.7. The van der Waals surface area contributed by atoms with Crippen LogP contribution >= 0.6 is 0 Å². The smallest absolute Gasteiger partial charge is 0.325 e. The van der Waals surface area contributed by atoms with Crippen LogP contribution in [0.25, 0.3) is 0 Å². The summed E-state index contributed by atoms with van der Waals surface area (Å²) in [5.74, 6) is -0.441. The third kappa shape index (κ3) is 3.52. The third-order valence-corrected chi connectivity index (χ3v) is 5.20. The Labute approximate surface area is 148 Å². The molecule has 3 rings (SSSR count). The average Bonchev–Trinajstić information content (AvgIpc) is 2.85. The Kier molecular flexibility index (Phi) is 5.06. The molecule has 1 spiro atoms. The molecule has 1 aromatic rings. The molecule has 0 aromatic heterocycles. The van der Waals surface area contributed by atoms with Gasteiger partial charge >= 0.3 is 6.03 Å². The van der Waals surface area contributed by atoms with E-state index in [0.717, 1.165) is 29.7 Å². The normalized spacial score (nSPS) is 19.2. The van der Waals surface area contributed by atoms with Crippen molar-refractivity contribution in [3.8, 4) is 0 Å². The maximum atomic E-state index is 12.8. The highest BCUT2D eigenvalue weighted by molar-refractivity contribution is 6.09. The lowest BCUT2D eigenvalue weighted by molar-refractivity contribution is -0.139. The molecule has 2 fully saturated rings. The Morgan fingerprint density at radius 2 is 1.84 bits per heavy atom. The lowest BCUT2D eigenvalue weighted by atomic mass is 9.82. The number of hydrogen-bond acceptors (Lipinski definition) is 3. The zero-order chi connectivity index (χ0) is 17.9. The number of rotatable bonds is 5. The quantitative estimate of drug-likeness (QED) is 0.834. The van der Waals surface area contributed by atoms with E-state index in [1.165, 1.54) is 0 Å². The lowest BCUT2D eigenvalue weighted by Gasteiger charge is -2.30. The molecule has 0 bridgehead atoms. The molecular formula is C19H25N3O3. The number of nitrogens with zero attached hydrogens (tertiary/aromatic N) is 2. The number of nitrogens with one attached hydrogen (secondary N) is 1. The van der Waals surface area contributed by atoms with Gasteiger partial charge in [-0.2, -0.15) is 0 Å². The van der Waals surface area contributed by atoms with Crippen LogP contribution in [0.4, 0.5) is 4.79 Å². The van der Waals surface area contributed by atoms with Gasteiger partial charge in [-0.1, -0.05) is 49.6 Å². The zero-order valence-corrected chi connectivity index (χ0v) is 14.7. The molecule has 1 aromatic carbocycles. The summed E-state index contributed by atoms with van der Waals surface area (Å²) in [4.78, 5) is 40.5. The van der Waals surface area contributed by atoms with E-state index in [0.29, 0.717) is 25.9 Å². The van der Waals surface area contributed by atoms with Gasteiger partial charge in [-0.25, -0.2) is 4.79 Å². The Hall–Kier alpha value is -2.37. The van der Waals surface area contributed by atoms with Crippen molar-refractivity contribution in [3.63, 3.8) is 0 Å². The van der Waals surface area contributed by atoms with E-state index in [9.17, 15) is 14.4 Å². The third-order valence-electron chi connectivity index (χ3n) is 5.20. The summed E-state index contributed by atoms with van der Waals surface area (Å²) in [5.41, 5.74) is 0.255. The summed E-state index contributed by atoms with van der Waals surface area (Å²) in [7, 11) is 0. The molecule has 0 atom stereocenters. The maximum absolute atomic E-state index is 12.8. The van der Waals surface area contributed by atoms with E-state index in [-0.39, 0.29) is 18.4 Å². The monoisotopic (exact) mass is 343 g/mol. The van der Waals surface area contributed by atoms with E-state index in [2.05, 4.69) is 5.32 Å². The van der Waals surface area contributed by atoms with Gasteiger partial charge < -0.3 is 10.2 Å². The van der Waals surface area contributed by atoms with Crippen LogP contribution < -0.4 is 5.32 Å². The molecule has 6 nitrogen and oxygen atoms in total. The summed E-state index contributed by atoms with van der Waals surface area (Å²) < 4.78 is 0. The molecule has 1 saturated carbocycles. The number of amides is 4. The first-order valence-electron chi connectivity index (χ1n) is 9.01. The molecule has 134 valence electrons. The fourth-order valence-corrected chi connectivity index (χ4v) is 3.73. The second kappa shape index (κ2) is 7.25. The van der Waals surface area contributed by atoms with Crippen LogP contribution in [0.15, 0.2) is 30.3 Å². The number of benzene rings is 1. The van der Waals surface area contributed by atoms with Crippen molar-refractivity contribution in [2.45, 2.75) is 51.1 Å². The predicted octanol–water partition coefficient (Wildman–Crippen LogP) is 2.29. The molecule has 1 aliphatic carbocycles. The first-order chi connectivity index (χ1) is 12.1. The van der Waals surface area contributed by atoms with Crippen molar-refractivity contribution >= 4 is 17.8 Å². The average molecular weight is 343 g/mol. The molecule has 25 heavy (non-hydrogen) atoms. The van der Waals surface area contributed by atoms with Crippen LogP contribution in [0.3, 0.4) is 0 Å². The van der Waals surface area contributed by atoms with E-state index < -0.39 is 11.6 Å². The number of likely N-dealkylation sites (N-methyl/N-ethyl adjacent to an activating group) is 1. The van der Waals surface area contributed by atoms with E-state index in [4.69, 9.17) is 0 Å². The molecule has 0 unspecified atom stereocenters. The highest BCUT2D eigenvalue weighted by Gasteiger charge is 2.51. The second-order valence-electron chi connectivity index (χ2n) is 6.86. The van der Waals surface area contributed by atoms with Gasteiger partial charge in [0, 0.05) is 13.1 Å². The highest BCUT2D eigenvalue weighted by atomic mass is 16.2. The fourth-order valence-electron chi connectivity index (χ4n) is 3.73. The minimum atomic E-state index is -0.772. The SMILES string of the molecule is CCN(Cc1ccccc1)C(=O)CN1C(=O)NC2(CCCCC2)C1=O. The van der Waals surface area contributed by atoms with Gasteiger partial charge in [0.2, 0.25) is 5.91 Å². The van der Waals surface area contributed by atoms with Crippen LogP contribution in [0.2, 0.25) is 0 Å². The van der Waals surface area contributed by atoms with Crippen molar-refractivity contribution in [3.05, 3.63) is 35.9 Å². The number of carbonyl (C=O) groups is 3. The molecule has 1 N–H and O–H groups in total. The van der Waals surface area contributed by atoms with Gasteiger partial charge in [-0.3, -0.25) is 14.5 Å². The molecule has 1 saturated heterocycles. The fraction of sp³-hybridized carbons (Fsp3) is 0.526. The van der Waals surface area contributed by atoms with Crippen molar-refractivity contribution in [1.29, 1.82) is 0 Å². The Balaban J connectivity index is 1.67. The molecule has 4 amide bonds. The van der Waals surface area contributed by atoms with Gasteiger partial charge in [0.1, 0.15) is 12.1 Å².